The molecule has 2 rings (SSSR count). The molecule has 0 heterocycles. The van der Waals surface area contributed by atoms with Crippen LogP contribution in [0.3, 0.4) is 0 Å². The summed E-state index contributed by atoms with van der Waals surface area (Å²) in [4.78, 5) is 27.3. The molecular formula is C22H25Cl2FN2O2. The third kappa shape index (κ3) is 7.02. The Balaban J connectivity index is 2.29. The van der Waals surface area contributed by atoms with Gasteiger partial charge in [-0.05, 0) is 63.1 Å². The highest BCUT2D eigenvalue weighted by molar-refractivity contribution is 6.35. The highest BCUT2D eigenvalue weighted by Gasteiger charge is 2.28. The van der Waals surface area contributed by atoms with Gasteiger partial charge in [-0.2, -0.15) is 0 Å². The molecule has 29 heavy (non-hydrogen) atoms. The molecule has 0 fully saturated rings. The van der Waals surface area contributed by atoms with Crippen molar-refractivity contribution in [2.45, 2.75) is 52.2 Å². The second-order valence-electron chi connectivity index (χ2n) is 7.98. The van der Waals surface area contributed by atoms with Gasteiger partial charge in [0.15, 0.2) is 0 Å². The second kappa shape index (κ2) is 9.59. The molecule has 4 nitrogen and oxygen atoms in total. The maximum absolute atomic E-state index is 13.2. The zero-order valence-electron chi connectivity index (χ0n) is 16.9. The Hall–Kier alpha value is -2.11. The Morgan fingerprint density at radius 3 is 2.28 bits per heavy atom. The summed E-state index contributed by atoms with van der Waals surface area (Å²) in [7, 11) is 0. The first-order valence-electron chi connectivity index (χ1n) is 9.26. The number of hydrogen-bond acceptors (Lipinski definition) is 2. The van der Waals surface area contributed by atoms with Crippen LogP contribution in [0.15, 0.2) is 42.5 Å². The van der Waals surface area contributed by atoms with Gasteiger partial charge in [-0.25, -0.2) is 4.39 Å². The van der Waals surface area contributed by atoms with E-state index in [4.69, 9.17) is 23.2 Å². The van der Waals surface area contributed by atoms with Crippen molar-refractivity contribution in [3.63, 3.8) is 0 Å². The van der Waals surface area contributed by atoms with Crippen LogP contribution in [0.25, 0.3) is 0 Å². The van der Waals surface area contributed by atoms with E-state index >= 15 is 0 Å². The number of hydrogen-bond donors (Lipinski definition) is 1. The van der Waals surface area contributed by atoms with E-state index in [-0.39, 0.29) is 30.6 Å². The molecule has 0 unspecified atom stereocenters. The van der Waals surface area contributed by atoms with Gasteiger partial charge in [-0.15, -0.1) is 0 Å². The van der Waals surface area contributed by atoms with E-state index in [2.05, 4.69) is 5.32 Å². The second-order valence-corrected chi connectivity index (χ2v) is 8.82. The summed E-state index contributed by atoms with van der Waals surface area (Å²) in [5.41, 5.74) is 0.903. The molecule has 0 aliphatic carbocycles. The van der Waals surface area contributed by atoms with Crippen LogP contribution in [0.1, 0.15) is 38.8 Å². The van der Waals surface area contributed by atoms with Crippen molar-refractivity contribution in [2.24, 2.45) is 0 Å². The summed E-state index contributed by atoms with van der Waals surface area (Å²) in [6.45, 7) is 7.44. The molecule has 0 radical (unpaired) electrons. The molecule has 0 aliphatic rings. The van der Waals surface area contributed by atoms with Gasteiger partial charge in [0.2, 0.25) is 11.8 Å². The first-order valence-corrected chi connectivity index (χ1v) is 10.0. The molecule has 1 N–H and O–H groups in total. The van der Waals surface area contributed by atoms with Crippen molar-refractivity contribution in [3.8, 4) is 0 Å². The third-order valence-corrected chi connectivity index (χ3v) is 4.88. The fourth-order valence-electron chi connectivity index (χ4n) is 2.77. The normalized spacial score (nSPS) is 12.4. The summed E-state index contributed by atoms with van der Waals surface area (Å²) >= 11 is 12.2. The van der Waals surface area contributed by atoms with E-state index in [1.165, 1.54) is 17.0 Å². The van der Waals surface area contributed by atoms with Gasteiger partial charge in [0, 0.05) is 22.1 Å². The summed E-state index contributed by atoms with van der Waals surface area (Å²) in [5.74, 6) is -0.904. The molecule has 2 aromatic carbocycles. The minimum atomic E-state index is -0.728. The maximum Gasteiger partial charge on any atom is 0.242 e. The minimum absolute atomic E-state index is 0.0403. The van der Waals surface area contributed by atoms with Crippen molar-refractivity contribution in [3.05, 3.63) is 69.5 Å². The Morgan fingerprint density at radius 2 is 1.72 bits per heavy atom. The number of nitrogens with one attached hydrogen (secondary N) is 1. The first-order chi connectivity index (χ1) is 13.5. The van der Waals surface area contributed by atoms with Gasteiger partial charge in [0.25, 0.3) is 0 Å². The standard InChI is InChI=1S/C22H25Cl2FN2O2/c1-14(21(29)26-22(2,3)4)27(13-16-7-8-17(23)12-19(16)24)20(28)11-15-5-9-18(25)10-6-15/h5-10,12,14H,11,13H2,1-4H3,(H,26,29)/t14-/m1/s1. The van der Waals surface area contributed by atoms with Crippen LogP contribution in [0.5, 0.6) is 0 Å². The number of nitrogens with zero attached hydrogens (tertiary/aromatic N) is 1. The Bertz CT molecular complexity index is 879. The minimum Gasteiger partial charge on any atom is -0.350 e. The van der Waals surface area contributed by atoms with Crippen molar-refractivity contribution >= 4 is 35.0 Å². The zero-order valence-corrected chi connectivity index (χ0v) is 18.4. The summed E-state index contributed by atoms with van der Waals surface area (Å²) in [6, 6.07) is 10.0. The van der Waals surface area contributed by atoms with Crippen molar-refractivity contribution in [1.29, 1.82) is 0 Å². The number of carbonyl (C=O) groups is 2. The van der Waals surface area contributed by atoms with Crippen LogP contribution in [0.4, 0.5) is 4.39 Å². The molecule has 2 aromatic rings. The number of rotatable bonds is 6. The lowest BCUT2D eigenvalue weighted by molar-refractivity contribution is -0.140. The highest BCUT2D eigenvalue weighted by Crippen LogP contribution is 2.23. The number of benzene rings is 2. The van der Waals surface area contributed by atoms with Crippen molar-refractivity contribution < 1.29 is 14.0 Å². The van der Waals surface area contributed by atoms with Crippen LogP contribution in [-0.2, 0) is 22.6 Å². The number of carbonyl (C=O) groups excluding carboxylic acids is 2. The highest BCUT2D eigenvalue weighted by atomic mass is 35.5. The number of amides is 2. The zero-order chi connectivity index (χ0) is 21.8. The first kappa shape index (κ1) is 23.2. The lowest BCUT2D eigenvalue weighted by atomic mass is 10.1. The van der Waals surface area contributed by atoms with Crippen molar-refractivity contribution in [2.75, 3.05) is 0 Å². The van der Waals surface area contributed by atoms with E-state index in [1.807, 2.05) is 20.8 Å². The van der Waals surface area contributed by atoms with Gasteiger partial charge in [0.1, 0.15) is 11.9 Å². The molecule has 0 aromatic heterocycles. The van der Waals surface area contributed by atoms with Gasteiger partial charge >= 0.3 is 0 Å². The molecule has 0 spiro atoms. The Morgan fingerprint density at radius 1 is 1.10 bits per heavy atom. The van der Waals surface area contributed by atoms with Crippen LogP contribution >= 0.6 is 23.2 Å². The van der Waals surface area contributed by atoms with Crippen LogP contribution in [-0.4, -0.2) is 28.3 Å². The smallest absolute Gasteiger partial charge is 0.242 e. The van der Waals surface area contributed by atoms with E-state index in [1.54, 1.807) is 37.3 Å². The van der Waals surface area contributed by atoms with Gasteiger partial charge in [0.05, 0.1) is 6.42 Å². The van der Waals surface area contributed by atoms with Gasteiger partial charge in [-0.1, -0.05) is 41.4 Å². The molecular weight excluding hydrogens is 414 g/mol. The predicted molar refractivity (Wildman–Crippen MR) is 114 cm³/mol. The lowest BCUT2D eigenvalue weighted by Crippen LogP contribution is -2.52. The largest absolute Gasteiger partial charge is 0.350 e. The topological polar surface area (TPSA) is 49.4 Å². The summed E-state index contributed by atoms with van der Waals surface area (Å²) < 4.78 is 13.2. The third-order valence-electron chi connectivity index (χ3n) is 4.29. The fourth-order valence-corrected chi connectivity index (χ4v) is 3.24. The maximum atomic E-state index is 13.2. The SMILES string of the molecule is C[C@H](C(=O)NC(C)(C)C)N(Cc1ccc(Cl)cc1Cl)C(=O)Cc1ccc(F)cc1. The molecule has 156 valence electrons. The van der Waals surface area contributed by atoms with Crippen LogP contribution < -0.4 is 5.32 Å². The molecule has 2 amide bonds. The average Bonchev–Trinajstić information content (AvgIpc) is 2.61. The van der Waals surface area contributed by atoms with E-state index in [0.29, 0.717) is 21.2 Å². The quantitative estimate of drug-likeness (QED) is 0.688. The van der Waals surface area contributed by atoms with Gasteiger partial charge < -0.3 is 10.2 Å². The molecule has 1 atom stereocenters. The average molecular weight is 439 g/mol. The van der Waals surface area contributed by atoms with Gasteiger partial charge in [-0.3, -0.25) is 9.59 Å². The monoisotopic (exact) mass is 438 g/mol. The van der Waals surface area contributed by atoms with E-state index in [9.17, 15) is 14.0 Å². The van der Waals surface area contributed by atoms with Crippen LogP contribution in [0.2, 0.25) is 10.0 Å². The lowest BCUT2D eigenvalue weighted by Gasteiger charge is -2.31. The van der Waals surface area contributed by atoms with E-state index in [0.717, 1.165) is 0 Å². The molecule has 0 saturated heterocycles. The summed E-state index contributed by atoms with van der Waals surface area (Å²) in [5, 5.41) is 3.80. The Kier molecular flexibility index (Phi) is 7.66. The molecule has 0 bridgehead atoms. The predicted octanol–water partition coefficient (Wildman–Crippen LogP) is 5.01. The summed E-state index contributed by atoms with van der Waals surface area (Å²) in [6.07, 6.45) is 0.0403. The number of halogens is 3. The van der Waals surface area contributed by atoms with Crippen molar-refractivity contribution in [1.82, 2.24) is 10.2 Å². The molecule has 0 saturated carbocycles. The molecule has 7 heteroatoms. The van der Waals surface area contributed by atoms with E-state index < -0.39 is 11.6 Å². The van der Waals surface area contributed by atoms with Crippen LogP contribution in [0, 0.1) is 5.82 Å². The molecule has 0 aliphatic heterocycles. The Labute approximate surface area is 181 Å². The fraction of sp³-hybridized carbons (Fsp3) is 0.364.